The molecule has 0 aliphatic rings. The predicted molar refractivity (Wildman–Crippen MR) is 113 cm³/mol. The second-order valence-corrected chi connectivity index (χ2v) is 7.28. The number of hydrogen-bond donors (Lipinski definition) is 1. The molecular weight excluding hydrogens is 434 g/mol. The van der Waals surface area contributed by atoms with Crippen molar-refractivity contribution < 1.29 is 18.3 Å². The normalized spacial score (nSPS) is 10.8. The Balaban J connectivity index is 1.65. The van der Waals surface area contributed by atoms with Crippen molar-refractivity contribution in [1.82, 2.24) is 14.8 Å². The summed E-state index contributed by atoms with van der Waals surface area (Å²) < 4.78 is 30.7. The number of hydrogen-bond acceptors (Lipinski definition) is 5. The molecular formula is C20H17ClF2N4O2S. The third kappa shape index (κ3) is 5.58. The topological polar surface area (TPSA) is 69.0 Å². The van der Waals surface area contributed by atoms with Crippen molar-refractivity contribution in [3.05, 3.63) is 66.2 Å². The van der Waals surface area contributed by atoms with Crippen LogP contribution in [0.25, 0.3) is 11.4 Å². The van der Waals surface area contributed by atoms with E-state index in [1.165, 1.54) is 30.0 Å². The van der Waals surface area contributed by atoms with E-state index in [1.807, 2.05) is 34.9 Å². The van der Waals surface area contributed by atoms with E-state index in [-0.39, 0.29) is 22.4 Å². The molecule has 0 unspecified atom stereocenters. The van der Waals surface area contributed by atoms with Crippen LogP contribution in [0.1, 0.15) is 0 Å². The number of allylic oxidation sites excluding steroid dienone is 1. The zero-order valence-electron chi connectivity index (χ0n) is 15.6. The van der Waals surface area contributed by atoms with Crippen LogP contribution in [-0.4, -0.2) is 33.0 Å². The van der Waals surface area contributed by atoms with Crippen LogP contribution in [0.4, 0.5) is 14.5 Å². The lowest BCUT2D eigenvalue weighted by Gasteiger charge is -2.10. The molecule has 0 radical (unpaired) electrons. The van der Waals surface area contributed by atoms with E-state index in [1.54, 1.807) is 6.08 Å². The van der Waals surface area contributed by atoms with Gasteiger partial charge in [-0.15, -0.1) is 16.8 Å². The van der Waals surface area contributed by atoms with Crippen molar-refractivity contribution >= 4 is 35.0 Å². The van der Waals surface area contributed by atoms with Crippen molar-refractivity contribution in [2.75, 3.05) is 11.1 Å². The lowest BCUT2D eigenvalue weighted by Crippen LogP contribution is -2.15. The number of halogens is 3. The molecule has 10 heteroatoms. The van der Waals surface area contributed by atoms with Crippen LogP contribution in [0.5, 0.6) is 5.75 Å². The molecule has 0 aliphatic carbocycles. The van der Waals surface area contributed by atoms with Gasteiger partial charge < -0.3 is 10.1 Å². The zero-order valence-corrected chi connectivity index (χ0v) is 17.2. The molecule has 0 bridgehead atoms. The van der Waals surface area contributed by atoms with Gasteiger partial charge in [0.25, 0.3) is 0 Å². The van der Waals surface area contributed by atoms with Crippen molar-refractivity contribution in [3.63, 3.8) is 0 Å². The first-order chi connectivity index (χ1) is 14.5. The van der Waals surface area contributed by atoms with Crippen molar-refractivity contribution in [2.45, 2.75) is 18.3 Å². The Labute approximate surface area is 180 Å². The van der Waals surface area contributed by atoms with Gasteiger partial charge in [-0.25, -0.2) is 0 Å². The summed E-state index contributed by atoms with van der Waals surface area (Å²) in [5.74, 6) is 0.273. The maximum absolute atomic E-state index is 12.3. The number of alkyl halides is 2. The number of aromatic nitrogens is 3. The Hall–Kier alpha value is -2.91. The van der Waals surface area contributed by atoms with E-state index in [2.05, 4.69) is 26.8 Å². The van der Waals surface area contributed by atoms with Gasteiger partial charge in [0.2, 0.25) is 5.91 Å². The largest absolute Gasteiger partial charge is 0.433 e. The molecule has 1 N–H and O–H groups in total. The highest BCUT2D eigenvalue weighted by Gasteiger charge is 2.15. The summed E-state index contributed by atoms with van der Waals surface area (Å²) in [5.41, 5.74) is 1.27. The molecule has 30 heavy (non-hydrogen) atoms. The van der Waals surface area contributed by atoms with Gasteiger partial charge in [-0.05, 0) is 18.2 Å². The Bertz CT molecular complexity index is 1030. The highest BCUT2D eigenvalue weighted by atomic mass is 35.5. The van der Waals surface area contributed by atoms with Gasteiger partial charge in [-0.1, -0.05) is 59.8 Å². The van der Waals surface area contributed by atoms with Gasteiger partial charge in [0.05, 0.1) is 10.8 Å². The second-order valence-electron chi connectivity index (χ2n) is 5.93. The van der Waals surface area contributed by atoms with Gasteiger partial charge in [0.15, 0.2) is 11.0 Å². The van der Waals surface area contributed by atoms with Crippen LogP contribution in [0.15, 0.2) is 66.3 Å². The molecule has 0 aliphatic heterocycles. The molecule has 0 saturated heterocycles. The molecule has 1 aromatic heterocycles. The fourth-order valence-corrected chi connectivity index (χ4v) is 3.56. The number of carbonyl (C=O) groups is 1. The van der Waals surface area contributed by atoms with Gasteiger partial charge in [-0.2, -0.15) is 8.78 Å². The van der Waals surface area contributed by atoms with E-state index < -0.39 is 6.61 Å². The summed E-state index contributed by atoms with van der Waals surface area (Å²) in [5, 5.41) is 11.6. The highest BCUT2D eigenvalue weighted by Crippen LogP contribution is 2.29. The molecule has 0 spiro atoms. The quantitative estimate of drug-likeness (QED) is 0.362. The summed E-state index contributed by atoms with van der Waals surface area (Å²) in [6.45, 7) is 1.27. The number of rotatable bonds is 9. The second kappa shape index (κ2) is 10.2. The zero-order chi connectivity index (χ0) is 21.5. The average Bonchev–Trinajstić information content (AvgIpc) is 3.12. The summed E-state index contributed by atoms with van der Waals surface area (Å²) >= 11 is 7.12. The first-order valence-corrected chi connectivity index (χ1v) is 10.1. The molecule has 1 heterocycles. The fourth-order valence-electron chi connectivity index (χ4n) is 2.59. The average molecular weight is 451 g/mol. The van der Waals surface area contributed by atoms with E-state index >= 15 is 0 Å². The van der Waals surface area contributed by atoms with Crippen LogP contribution >= 0.6 is 23.4 Å². The van der Waals surface area contributed by atoms with Crippen LogP contribution in [0, 0.1) is 0 Å². The summed E-state index contributed by atoms with van der Waals surface area (Å²) in [6, 6.07) is 13.6. The van der Waals surface area contributed by atoms with Crippen LogP contribution in [-0.2, 0) is 11.3 Å². The van der Waals surface area contributed by atoms with E-state index in [0.29, 0.717) is 23.2 Å². The molecule has 0 saturated carbocycles. The lowest BCUT2D eigenvalue weighted by molar-refractivity contribution is -0.113. The van der Waals surface area contributed by atoms with Crippen LogP contribution < -0.4 is 10.1 Å². The Morgan fingerprint density at radius 2 is 2.03 bits per heavy atom. The lowest BCUT2D eigenvalue weighted by atomic mass is 10.2. The number of carbonyl (C=O) groups excluding carboxylic acids is 1. The van der Waals surface area contributed by atoms with Crippen molar-refractivity contribution in [1.29, 1.82) is 0 Å². The van der Waals surface area contributed by atoms with E-state index in [9.17, 15) is 13.6 Å². The number of ether oxygens (including phenoxy) is 1. The maximum Gasteiger partial charge on any atom is 0.387 e. The number of benzene rings is 2. The smallest absolute Gasteiger partial charge is 0.387 e. The monoisotopic (exact) mass is 450 g/mol. The Kier molecular flexibility index (Phi) is 7.42. The van der Waals surface area contributed by atoms with Gasteiger partial charge >= 0.3 is 6.61 Å². The number of nitrogens with one attached hydrogen (secondary N) is 1. The highest BCUT2D eigenvalue weighted by molar-refractivity contribution is 7.99. The number of nitrogens with zero attached hydrogens (tertiary/aromatic N) is 3. The minimum absolute atomic E-state index is 0.0287. The van der Waals surface area contributed by atoms with E-state index in [0.717, 1.165) is 5.56 Å². The molecule has 156 valence electrons. The third-order valence-electron chi connectivity index (χ3n) is 3.82. The Morgan fingerprint density at radius 3 is 2.70 bits per heavy atom. The van der Waals surface area contributed by atoms with Crippen molar-refractivity contribution in [3.8, 4) is 17.1 Å². The summed E-state index contributed by atoms with van der Waals surface area (Å²) in [6.07, 6.45) is 1.73. The summed E-state index contributed by atoms with van der Waals surface area (Å²) in [4.78, 5) is 12.3. The SMILES string of the molecule is C=CCn1c(SCC(=O)Nc2ccc(OC(F)F)c(Cl)c2)nnc1-c1ccccc1. The predicted octanol–water partition coefficient (Wildman–Crippen LogP) is 5.12. The first-order valence-electron chi connectivity index (χ1n) is 8.74. The molecule has 3 aromatic rings. The molecule has 0 fully saturated rings. The van der Waals surface area contributed by atoms with Crippen LogP contribution in [0.2, 0.25) is 5.02 Å². The minimum Gasteiger partial charge on any atom is -0.433 e. The van der Waals surface area contributed by atoms with Gasteiger partial charge in [-0.3, -0.25) is 9.36 Å². The van der Waals surface area contributed by atoms with Gasteiger partial charge in [0, 0.05) is 17.8 Å². The molecule has 1 amide bonds. The minimum atomic E-state index is -2.98. The number of amides is 1. The number of thioether (sulfide) groups is 1. The Morgan fingerprint density at radius 1 is 1.27 bits per heavy atom. The van der Waals surface area contributed by atoms with Crippen LogP contribution in [0.3, 0.4) is 0 Å². The molecule has 0 atom stereocenters. The molecule has 6 nitrogen and oxygen atoms in total. The standard InChI is InChI=1S/C20H17ClF2N4O2S/c1-2-10-27-18(13-6-4-3-5-7-13)25-26-20(27)30-12-17(28)24-14-8-9-16(15(21)11-14)29-19(22)23/h2-9,11,19H,1,10,12H2,(H,24,28). The fraction of sp³-hybridized carbons (Fsp3) is 0.150. The molecule has 3 rings (SSSR count). The number of anilines is 1. The molecule has 2 aromatic carbocycles. The van der Waals surface area contributed by atoms with Crippen molar-refractivity contribution in [2.24, 2.45) is 0 Å². The van der Waals surface area contributed by atoms with E-state index in [4.69, 9.17) is 11.6 Å². The first kappa shape index (κ1) is 21.8. The third-order valence-corrected chi connectivity index (χ3v) is 5.09. The van der Waals surface area contributed by atoms with Gasteiger partial charge in [0.1, 0.15) is 5.75 Å². The summed E-state index contributed by atoms with van der Waals surface area (Å²) in [7, 11) is 0. The maximum atomic E-state index is 12.3.